The van der Waals surface area contributed by atoms with Gasteiger partial charge in [-0.2, -0.15) is 0 Å². The highest BCUT2D eigenvalue weighted by Gasteiger charge is 2.19. The first kappa shape index (κ1) is 13.0. The number of nitrogens with zero attached hydrogens (tertiary/aromatic N) is 1. The van der Waals surface area contributed by atoms with E-state index in [0.717, 1.165) is 36.3 Å². The quantitative estimate of drug-likeness (QED) is 0.907. The molecule has 0 atom stereocenters. The number of ketones is 1. The SMILES string of the molecule is O=C1CCCc2cc(OCCN3CCNC3=O)ccc21. The molecule has 0 saturated carbocycles. The van der Waals surface area contributed by atoms with Crippen molar-refractivity contribution in [1.82, 2.24) is 10.2 Å². The van der Waals surface area contributed by atoms with Gasteiger partial charge in [0, 0.05) is 25.1 Å². The Bertz CT molecular complexity index is 542. The topological polar surface area (TPSA) is 58.6 Å². The highest BCUT2D eigenvalue weighted by molar-refractivity contribution is 5.98. The highest BCUT2D eigenvalue weighted by atomic mass is 16.5. The van der Waals surface area contributed by atoms with E-state index in [-0.39, 0.29) is 11.8 Å². The van der Waals surface area contributed by atoms with Crippen LogP contribution < -0.4 is 10.1 Å². The molecule has 1 aliphatic carbocycles. The molecule has 2 amide bonds. The fraction of sp³-hybridized carbons (Fsp3) is 0.467. The van der Waals surface area contributed by atoms with E-state index < -0.39 is 0 Å². The van der Waals surface area contributed by atoms with Gasteiger partial charge in [-0.1, -0.05) is 0 Å². The van der Waals surface area contributed by atoms with Crippen LogP contribution in [0.1, 0.15) is 28.8 Å². The zero-order valence-electron chi connectivity index (χ0n) is 11.4. The van der Waals surface area contributed by atoms with E-state index in [4.69, 9.17) is 4.74 Å². The number of urea groups is 1. The Hall–Kier alpha value is -2.04. The Kier molecular flexibility index (Phi) is 3.58. The number of hydrogen-bond donors (Lipinski definition) is 1. The zero-order valence-corrected chi connectivity index (χ0v) is 11.4. The van der Waals surface area contributed by atoms with Crippen LogP contribution in [-0.4, -0.2) is 43.0 Å². The summed E-state index contributed by atoms with van der Waals surface area (Å²) in [4.78, 5) is 24.8. The van der Waals surface area contributed by atoms with Gasteiger partial charge in [0.2, 0.25) is 0 Å². The van der Waals surface area contributed by atoms with Gasteiger partial charge in [0.15, 0.2) is 5.78 Å². The summed E-state index contributed by atoms with van der Waals surface area (Å²) in [6, 6.07) is 5.63. The van der Waals surface area contributed by atoms with Crippen LogP contribution in [0.3, 0.4) is 0 Å². The largest absolute Gasteiger partial charge is 0.492 e. The summed E-state index contributed by atoms with van der Waals surface area (Å²) < 4.78 is 5.68. The minimum atomic E-state index is -0.0235. The van der Waals surface area contributed by atoms with Crippen LogP contribution in [0, 0.1) is 0 Å². The molecule has 1 aromatic carbocycles. The van der Waals surface area contributed by atoms with Gasteiger partial charge in [0.05, 0.1) is 6.54 Å². The van der Waals surface area contributed by atoms with Crippen molar-refractivity contribution in [3.63, 3.8) is 0 Å². The smallest absolute Gasteiger partial charge is 0.317 e. The van der Waals surface area contributed by atoms with Crippen molar-refractivity contribution in [3.05, 3.63) is 29.3 Å². The fourth-order valence-corrected chi connectivity index (χ4v) is 2.71. The number of Topliss-reactive ketones (excluding diaryl/α,β-unsaturated/α-hetero) is 1. The first-order valence-corrected chi connectivity index (χ1v) is 7.06. The molecule has 106 valence electrons. The van der Waals surface area contributed by atoms with Gasteiger partial charge in [-0.3, -0.25) is 4.79 Å². The summed E-state index contributed by atoms with van der Waals surface area (Å²) in [6.07, 6.45) is 2.51. The van der Waals surface area contributed by atoms with E-state index in [2.05, 4.69) is 5.32 Å². The molecule has 1 saturated heterocycles. The second-order valence-corrected chi connectivity index (χ2v) is 5.16. The van der Waals surface area contributed by atoms with Gasteiger partial charge >= 0.3 is 6.03 Å². The van der Waals surface area contributed by atoms with Crippen LogP contribution in [-0.2, 0) is 6.42 Å². The molecule has 0 unspecified atom stereocenters. The number of fused-ring (bicyclic) bond motifs is 1. The number of carbonyl (C=O) groups excluding carboxylic acids is 2. The minimum absolute atomic E-state index is 0.0235. The predicted octanol–water partition coefficient (Wildman–Crippen LogP) is 1.61. The van der Waals surface area contributed by atoms with Gasteiger partial charge in [0.1, 0.15) is 12.4 Å². The lowest BCUT2D eigenvalue weighted by molar-refractivity contribution is 0.0972. The lowest BCUT2D eigenvalue weighted by Gasteiger charge is -2.17. The van der Waals surface area contributed by atoms with Crippen LogP contribution in [0.4, 0.5) is 4.79 Å². The van der Waals surface area contributed by atoms with E-state index in [9.17, 15) is 9.59 Å². The van der Waals surface area contributed by atoms with Gasteiger partial charge in [-0.25, -0.2) is 4.79 Å². The Balaban J connectivity index is 1.58. The lowest BCUT2D eigenvalue weighted by atomic mass is 9.91. The summed E-state index contributed by atoms with van der Waals surface area (Å²) in [5.41, 5.74) is 1.92. The first-order valence-electron chi connectivity index (χ1n) is 7.06. The third-order valence-electron chi connectivity index (χ3n) is 3.80. The van der Waals surface area contributed by atoms with Gasteiger partial charge in [-0.15, -0.1) is 0 Å². The predicted molar refractivity (Wildman–Crippen MR) is 74.2 cm³/mol. The maximum atomic E-state index is 11.7. The number of benzene rings is 1. The third kappa shape index (κ3) is 2.61. The van der Waals surface area contributed by atoms with Crippen molar-refractivity contribution in [2.75, 3.05) is 26.2 Å². The fourth-order valence-electron chi connectivity index (χ4n) is 2.71. The van der Waals surface area contributed by atoms with E-state index in [1.165, 1.54) is 0 Å². The molecule has 1 N–H and O–H groups in total. The molecule has 1 heterocycles. The molecule has 3 rings (SSSR count). The van der Waals surface area contributed by atoms with Crippen LogP contribution in [0.15, 0.2) is 18.2 Å². The molecule has 5 heteroatoms. The standard InChI is InChI=1S/C15H18N2O3/c18-14-3-1-2-11-10-12(4-5-13(11)14)20-9-8-17-7-6-16-15(17)19/h4-5,10H,1-3,6-9H2,(H,16,19). The monoisotopic (exact) mass is 274 g/mol. The molecular formula is C15H18N2O3. The molecule has 0 bridgehead atoms. The number of amides is 2. The van der Waals surface area contributed by atoms with Gasteiger partial charge in [-0.05, 0) is 36.6 Å². The molecule has 0 aromatic heterocycles. The summed E-state index contributed by atoms with van der Waals surface area (Å²) in [5.74, 6) is 1.00. The minimum Gasteiger partial charge on any atom is -0.492 e. The van der Waals surface area contributed by atoms with Crippen molar-refractivity contribution in [2.24, 2.45) is 0 Å². The highest BCUT2D eigenvalue weighted by Crippen LogP contribution is 2.25. The summed E-state index contributed by atoms with van der Waals surface area (Å²) in [6.45, 7) is 2.50. The van der Waals surface area contributed by atoms with Gasteiger partial charge < -0.3 is 15.0 Å². The molecule has 0 radical (unpaired) electrons. The molecule has 2 aliphatic rings. The molecule has 1 fully saturated rings. The Morgan fingerprint density at radius 2 is 2.15 bits per heavy atom. The van der Waals surface area contributed by atoms with Crippen LogP contribution in [0.25, 0.3) is 0 Å². The maximum absolute atomic E-state index is 11.7. The molecule has 20 heavy (non-hydrogen) atoms. The number of hydrogen-bond acceptors (Lipinski definition) is 3. The van der Waals surface area contributed by atoms with E-state index in [1.807, 2.05) is 18.2 Å². The second kappa shape index (κ2) is 5.53. The Morgan fingerprint density at radius 3 is 2.95 bits per heavy atom. The summed E-state index contributed by atoms with van der Waals surface area (Å²) in [5, 5.41) is 2.76. The van der Waals surface area contributed by atoms with Crippen LogP contribution in [0.5, 0.6) is 5.75 Å². The average molecular weight is 274 g/mol. The zero-order chi connectivity index (χ0) is 13.9. The molecule has 1 aromatic rings. The van der Waals surface area contributed by atoms with Crippen LogP contribution >= 0.6 is 0 Å². The van der Waals surface area contributed by atoms with Crippen LogP contribution in [0.2, 0.25) is 0 Å². The molecular weight excluding hydrogens is 256 g/mol. The van der Waals surface area contributed by atoms with Crippen molar-refractivity contribution in [3.8, 4) is 5.75 Å². The van der Waals surface area contributed by atoms with Crippen molar-refractivity contribution in [1.29, 1.82) is 0 Å². The van der Waals surface area contributed by atoms with Crippen molar-refractivity contribution in [2.45, 2.75) is 19.3 Å². The van der Waals surface area contributed by atoms with E-state index >= 15 is 0 Å². The normalized spacial score (nSPS) is 17.9. The first-order chi connectivity index (χ1) is 9.74. The number of aryl methyl sites for hydroxylation is 1. The van der Waals surface area contributed by atoms with Crippen molar-refractivity contribution < 1.29 is 14.3 Å². The number of rotatable bonds is 4. The van der Waals surface area contributed by atoms with E-state index in [1.54, 1.807) is 4.90 Å². The average Bonchev–Trinajstić information content (AvgIpc) is 2.85. The number of ether oxygens (including phenoxy) is 1. The Morgan fingerprint density at radius 1 is 1.25 bits per heavy atom. The molecule has 1 aliphatic heterocycles. The summed E-state index contributed by atoms with van der Waals surface area (Å²) in [7, 11) is 0. The maximum Gasteiger partial charge on any atom is 0.317 e. The summed E-state index contributed by atoms with van der Waals surface area (Å²) >= 11 is 0. The Labute approximate surface area is 117 Å². The van der Waals surface area contributed by atoms with Gasteiger partial charge in [0.25, 0.3) is 0 Å². The second-order valence-electron chi connectivity index (χ2n) is 5.16. The molecule has 5 nitrogen and oxygen atoms in total. The van der Waals surface area contributed by atoms with Crippen molar-refractivity contribution >= 4 is 11.8 Å². The third-order valence-corrected chi connectivity index (χ3v) is 3.80. The van der Waals surface area contributed by atoms with E-state index in [0.29, 0.717) is 26.1 Å². The molecule has 0 spiro atoms. The lowest BCUT2D eigenvalue weighted by Crippen LogP contribution is -2.31. The number of nitrogens with one attached hydrogen (secondary N) is 1. The number of carbonyl (C=O) groups is 2.